The molecular weight excluding hydrogens is 293 g/mol. The summed E-state index contributed by atoms with van der Waals surface area (Å²) in [7, 11) is -3.89. The van der Waals surface area contributed by atoms with Crippen LogP contribution >= 0.6 is 0 Å². The van der Waals surface area contributed by atoms with Gasteiger partial charge in [-0.3, -0.25) is 4.90 Å². The molecule has 3 rings (SSSR count). The quantitative estimate of drug-likeness (QED) is 0.911. The molecule has 112 valence electrons. The van der Waals surface area contributed by atoms with Gasteiger partial charge in [-0.05, 0) is 37.9 Å². The molecule has 21 heavy (non-hydrogen) atoms. The molecule has 2 fully saturated rings. The smallest absolute Gasteiger partial charge is 0.242 e. The molecule has 1 aromatic carbocycles. The third-order valence-corrected chi connectivity index (χ3v) is 5.82. The first-order valence-electron chi connectivity index (χ1n) is 6.98. The molecule has 1 aromatic rings. The minimum Gasteiger partial charge on any atom is -0.299 e. The molecule has 0 radical (unpaired) electrons. The van der Waals surface area contributed by atoms with Crippen LogP contribution < -0.4 is 4.72 Å². The van der Waals surface area contributed by atoms with Gasteiger partial charge in [-0.15, -0.1) is 0 Å². The first-order valence-corrected chi connectivity index (χ1v) is 8.46. The van der Waals surface area contributed by atoms with Crippen molar-refractivity contribution < 1.29 is 12.8 Å². The van der Waals surface area contributed by atoms with E-state index in [9.17, 15) is 12.8 Å². The van der Waals surface area contributed by atoms with Crippen LogP contribution in [0.15, 0.2) is 23.1 Å². The second kappa shape index (κ2) is 5.37. The van der Waals surface area contributed by atoms with Crippen LogP contribution in [0.4, 0.5) is 4.39 Å². The van der Waals surface area contributed by atoms with Crippen molar-refractivity contribution in [2.45, 2.75) is 36.2 Å². The van der Waals surface area contributed by atoms with Gasteiger partial charge in [-0.1, -0.05) is 6.07 Å². The fraction of sp³-hybridized carbons (Fsp3) is 0.500. The molecule has 2 saturated heterocycles. The number of rotatable bonds is 3. The van der Waals surface area contributed by atoms with Gasteiger partial charge in [0, 0.05) is 18.6 Å². The van der Waals surface area contributed by atoms with E-state index in [0.29, 0.717) is 0 Å². The lowest BCUT2D eigenvalue weighted by atomic mass is 10.1. The van der Waals surface area contributed by atoms with Crippen molar-refractivity contribution in [2.75, 3.05) is 13.1 Å². The number of sulfonamides is 1. The normalized spacial score (nSPS) is 25.7. The molecule has 0 bridgehead atoms. The highest BCUT2D eigenvalue weighted by atomic mass is 32.2. The third-order valence-electron chi connectivity index (χ3n) is 4.29. The zero-order chi connectivity index (χ0) is 15.0. The molecule has 1 N–H and O–H groups in total. The molecule has 5 nitrogen and oxygen atoms in total. The van der Waals surface area contributed by atoms with Crippen molar-refractivity contribution in [3.8, 4) is 6.07 Å². The second-order valence-electron chi connectivity index (χ2n) is 5.49. The average molecular weight is 309 g/mol. The Morgan fingerprint density at radius 1 is 1.33 bits per heavy atom. The summed E-state index contributed by atoms with van der Waals surface area (Å²) in [6.07, 6.45) is 2.80. The van der Waals surface area contributed by atoms with Gasteiger partial charge < -0.3 is 0 Å². The van der Waals surface area contributed by atoms with Crippen LogP contribution in [0.3, 0.4) is 0 Å². The van der Waals surface area contributed by atoms with Gasteiger partial charge in [-0.2, -0.15) is 5.26 Å². The second-order valence-corrected chi connectivity index (χ2v) is 7.17. The van der Waals surface area contributed by atoms with Crippen molar-refractivity contribution in [2.24, 2.45) is 0 Å². The van der Waals surface area contributed by atoms with E-state index in [0.717, 1.165) is 38.4 Å². The Balaban J connectivity index is 1.88. The van der Waals surface area contributed by atoms with E-state index in [1.165, 1.54) is 12.1 Å². The summed E-state index contributed by atoms with van der Waals surface area (Å²) in [5, 5.41) is 8.98. The Bertz CT molecular complexity index is 699. The molecule has 0 aliphatic carbocycles. The molecule has 2 heterocycles. The summed E-state index contributed by atoms with van der Waals surface area (Å²) in [6.45, 7) is 1.89. The number of nitrogens with zero attached hydrogens (tertiary/aromatic N) is 2. The largest absolute Gasteiger partial charge is 0.299 e. The van der Waals surface area contributed by atoms with E-state index < -0.39 is 21.4 Å². The van der Waals surface area contributed by atoms with Crippen LogP contribution in [-0.2, 0) is 10.0 Å². The molecule has 0 aromatic heterocycles. The zero-order valence-corrected chi connectivity index (χ0v) is 12.2. The van der Waals surface area contributed by atoms with Gasteiger partial charge in [-0.25, -0.2) is 17.5 Å². The Morgan fingerprint density at radius 3 is 2.90 bits per heavy atom. The van der Waals surface area contributed by atoms with E-state index in [1.54, 1.807) is 6.07 Å². The molecule has 2 aliphatic rings. The highest BCUT2D eigenvalue weighted by Gasteiger charge is 2.39. The molecular formula is C14H16FN3O2S. The summed E-state index contributed by atoms with van der Waals surface area (Å²) >= 11 is 0. The van der Waals surface area contributed by atoms with Crippen molar-refractivity contribution in [3.05, 3.63) is 29.6 Å². The van der Waals surface area contributed by atoms with Gasteiger partial charge in [0.05, 0.1) is 0 Å². The maximum atomic E-state index is 13.6. The SMILES string of the molecule is N#Cc1c(F)cccc1S(=O)(=O)NC1CCN2CCCC12. The van der Waals surface area contributed by atoms with Gasteiger partial charge in [0.2, 0.25) is 10.0 Å². The third kappa shape index (κ3) is 2.55. The van der Waals surface area contributed by atoms with Crippen LogP contribution in [0, 0.1) is 17.1 Å². The predicted octanol–water partition coefficient (Wildman–Crippen LogP) is 1.21. The van der Waals surface area contributed by atoms with Gasteiger partial charge >= 0.3 is 0 Å². The topological polar surface area (TPSA) is 73.2 Å². The number of halogens is 1. The average Bonchev–Trinajstić information content (AvgIpc) is 3.03. The van der Waals surface area contributed by atoms with Gasteiger partial charge in [0.1, 0.15) is 22.3 Å². The number of fused-ring (bicyclic) bond motifs is 1. The minimum atomic E-state index is -3.89. The number of nitriles is 1. The van der Waals surface area contributed by atoms with E-state index >= 15 is 0 Å². The van der Waals surface area contributed by atoms with Gasteiger partial charge in [0.25, 0.3) is 0 Å². The number of hydrogen-bond acceptors (Lipinski definition) is 4. The maximum Gasteiger partial charge on any atom is 0.242 e. The Kier molecular flexibility index (Phi) is 3.69. The van der Waals surface area contributed by atoms with Crippen molar-refractivity contribution in [3.63, 3.8) is 0 Å². The fourth-order valence-corrected chi connectivity index (χ4v) is 4.79. The molecule has 0 spiro atoms. The standard InChI is InChI=1S/C14H16FN3O2S/c15-11-3-1-5-14(10(11)9-16)21(19,20)17-12-6-8-18-7-2-4-13(12)18/h1,3,5,12-13,17H,2,4,6-8H2. The minimum absolute atomic E-state index is 0.160. The van der Waals surface area contributed by atoms with Crippen molar-refractivity contribution in [1.29, 1.82) is 5.26 Å². The van der Waals surface area contributed by atoms with E-state index in [-0.39, 0.29) is 17.0 Å². The molecule has 7 heteroatoms. The Morgan fingerprint density at radius 2 is 2.14 bits per heavy atom. The van der Waals surface area contributed by atoms with Crippen LogP contribution in [0.2, 0.25) is 0 Å². The monoisotopic (exact) mass is 309 g/mol. The van der Waals surface area contributed by atoms with E-state index in [4.69, 9.17) is 5.26 Å². The first-order chi connectivity index (χ1) is 10.0. The number of hydrogen-bond donors (Lipinski definition) is 1. The van der Waals surface area contributed by atoms with Crippen molar-refractivity contribution >= 4 is 10.0 Å². The van der Waals surface area contributed by atoms with Crippen LogP contribution in [0.25, 0.3) is 0 Å². The highest BCUT2D eigenvalue weighted by Crippen LogP contribution is 2.29. The predicted molar refractivity (Wildman–Crippen MR) is 74.4 cm³/mol. The maximum absolute atomic E-state index is 13.6. The lowest BCUT2D eigenvalue weighted by Gasteiger charge is -2.21. The molecule has 2 unspecified atom stereocenters. The van der Waals surface area contributed by atoms with Crippen LogP contribution in [0.1, 0.15) is 24.8 Å². The van der Waals surface area contributed by atoms with Gasteiger partial charge in [0.15, 0.2) is 0 Å². The van der Waals surface area contributed by atoms with Crippen molar-refractivity contribution in [1.82, 2.24) is 9.62 Å². The molecule has 0 saturated carbocycles. The molecule has 0 amide bonds. The fourth-order valence-electron chi connectivity index (χ4n) is 3.32. The summed E-state index contributed by atoms with van der Waals surface area (Å²) < 4.78 is 41.2. The molecule has 2 atom stereocenters. The Labute approximate surface area is 123 Å². The van der Waals surface area contributed by atoms with Crippen LogP contribution in [-0.4, -0.2) is 38.5 Å². The van der Waals surface area contributed by atoms with E-state index in [2.05, 4.69) is 9.62 Å². The first kappa shape index (κ1) is 14.4. The Hall–Kier alpha value is -1.49. The lowest BCUT2D eigenvalue weighted by Crippen LogP contribution is -2.42. The zero-order valence-electron chi connectivity index (χ0n) is 11.4. The molecule has 2 aliphatic heterocycles. The van der Waals surface area contributed by atoms with E-state index in [1.807, 2.05) is 0 Å². The summed E-state index contributed by atoms with van der Waals surface area (Å²) in [5.41, 5.74) is -0.425. The number of nitrogens with one attached hydrogen (secondary N) is 1. The lowest BCUT2D eigenvalue weighted by molar-refractivity contribution is 0.309. The highest BCUT2D eigenvalue weighted by molar-refractivity contribution is 7.89. The van der Waals surface area contributed by atoms with Crippen LogP contribution in [0.5, 0.6) is 0 Å². The summed E-state index contributed by atoms with van der Waals surface area (Å²) in [6, 6.07) is 5.36. The number of benzene rings is 1. The summed E-state index contributed by atoms with van der Waals surface area (Å²) in [5.74, 6) is -0.811. The summed E-state index contributed by atoms with van der Waals surface area (Å²) in [4.78, 5) is 2.01.